The molecule has 0 radical (unpaired) electrons. The number of benzene rings is 1. The highest BCUT2D eigenvalue weighted by Gasteiger charge is 2.40. The van der Waals surface area contributed by atoms with Crippen molar-refractivity contribution in [1.82, 2.24) is 15.0 Å². The fourth-order valence-electron chi connectivity index (χ4n) is 6.27. The van der Waals surface area contributed by atoms with E-state index in [9.17, 15) is 8.42 Å². The molecule has 1 aromatic carbocycles. The summed E-state index contributed by atoms with van der Waals surface area (Å²) >= 11 is 0. The molecule has 0 amide bonds. The van der Waals surface area contributed by atoms with Gasteiger partial charge in [-0.15, -0.1) is 0 Å². The third-order valence-corrected chi connectivity index (χ3v) is 9.46. The van der Waals surface area contributed by atoms with Crippen LogP contribution < -0.4 is 15.1 Å². The van der Waals surface area contributed by atoms with Crippen molar-refractivity contribution in [2.45, 2.75) is 45.2 Å². The van der Waals surface area contributed by atoms with Crippen LogP contribution in [-0.2, 0) is 14.6 Å². The number of ether oxygens (including phenoxy) is 1. The van der Waals surface area contributed by atoms with Gasteiger partial charge in [-0.3, -0.25) is 0 Å². The van der Waals surface area contributed by atoms with Gasteiger partial charge in [0.25, 0.3) is 0 Å². The molecule has 3 saturated heterocycles. The summed E-state index contributed by atoms with van der Waals surface area (Å²) < 4.78 is 29.3. The topological polar surface area (TPSA) is 101 Å². The quantitative estimate of drug-likeness (QED) is 0.480. The Morgan fingerprint density at radius 3 is 2.71 bits per heavy atom. The van der Waals surface area contributed by atoms with E-state index in [-0.39, 0.29) is 17.7 Å². The lowest BCUT2D eigenvalue weighted by atomic mass is 9.88. The number of aromatic nitrogens is 3. The summed E-state index contributed by atoms with van der Waals surface area (Å²) in [4.78, 5) is 18.7. The molecule has 1 N–H and O–H groups in total. The van der Waals surface area contributed by atoms with E-state index in [0.29, 0.717) is 23.7 Å². The van der Waals surface area contributed by atoms with Crippen LogP contribution in [0.4, 0.5) is 23.3 Å². The molecule has 2 aromatic heterocycles. The lowest BCUT2D eigenvalue weighted by molar-refractivity contribution is 0.179. The predicted octanol–water partition coefficient (Wildman–Crippen LogP) is 3.99. The summed E-state index contributed by atoms with van der Waals surface area (Å²) in [5.74, 6) is 3.46. The molecule has 0 bridgehead atoms. The Balaban J connectivity index is 1.28. The molecule has 6 rings (SSSR count). The van der Waals surface area contributed by atoms with E-state index in [4.69, 9.17) is 14.7 Å². The zero-order valence-electron chi connectivity index (χ0n) is 22.5. The monoisotopic (exact) mass is 536 g/mol. The molecule has 0 aliphatic carbocycles. The zero-order chi connectivity index (χ0) is 26.6. The Bertz CT molecular complexity index is 1460. The standard InChI is InChI=1S/C28H36N6O3S/c1-17(2)21-5-6-24(34-13-20(18(34)3)16-38(4,35)36)23-12-30-27(11-22(21)23)31-26-7-9-29-28(32-26)33-10-8-19-14-37-15-25(19)33/h5-7,9,11-12,17-20,25H,8,10,13-16H2,1-4H3,(H,29,30,31,32)/t18-,19-,20-,25+/m1/s1. The maximum absolute atomic E-state index is 11.8. The highest BCUT2D eigenvalue weighted by atomic mass is 32.2. The van der Waals surface area contributed by atoms with Crippen LogP contribution in [0.1, 0.15) is 38.7 Å². The summed E-state index contributed by atoms with van der Waals surface area (Å²) in [6.07, 6.45) is 6.16. The molecule has 0 saturated carbocycles. The van der Waals surface area contributed by atoms with Gasteiger partial charge in [0.15, 0.2) is 0 Å². The van der Waals surface area contributed by atoms with Gasteiger partial charge in [-0.25, -0.2) is 18.4 Å². The number of hydrogen-bond acceptors (Lipinski definition) is 9. The highest BCUT2D eigenvalue weighted by Crippen LogP contribution is 2.40. The summed E-state index contributed by atoms with van der Waals surface area (Å²) in [7, 11) is -3.00. The molecular weight excluding hydrogens is 500 g/mol. The first-order valence-corrected chi connectivity index (χ1v) is 15.6. The van der Waals surface area contributed by atoms with Crippen LogP contribution in [0.25, 0.3) is 10.8 Å². The maximum atomic E-state index is 11.8. The summed E-state index contributed by atoms with van der Waals surface area (Å²) in [5, 5.41) is 5.63. The lowest BCUT2D eigenvalue weighted by Crippen LogP contribution is -2.57. The van der Waals surface area contributed by atoms with Gasteiger partial charge in [-0.1, -0.05) is 19.9 Å². The van der Waals surface area contributed by atoms with Crippen LogP contribution in [0.2, 0.25) is 0 Å². The number of hydrogen-bond donors (Lipinski definition) is 1. The molecule has 3 aromatic rings. The Kier molecular flexibility index (Phi) is 6.42. The van der Waals surface area contributed by atoms with Gasteiger partial charge in [0.1, 0.15) is 21.5 Å². The molecule has 4 atom stereocenters. The van der Waals surface area contributed by atoms with Gasteiger partial charge in [0.05, 0.1) is 25.0 Å². The van der Waals surface area contributed by atoms with Crippen molar-refractivity contribution in [1.29, 1.82) is 0 Å². The van der Waals surface area contributed by atoms with Crippen LogP contribution in [0.5, 0.6) is 0 Å². The van der Waals surface area contributed by atoms with Crippen molar-refractivity contribution < 1.29 is 13.2 Å². The Morgan fingerprint density at radius 2 is 1.95 bits per heavy atom. The second kappa shape index (κ2) is 9.64. The lowest BCUT2D eigenvalue weighted by Gasteiger charge is -2.48. The number of anilines is 4. The first-order chi connectivity index (χ1) is 18.2. The minimum absolute atomic E-state index is 0.146. The minimum atomic E-state index is -3.00. The fraction of sp³-hybridized carbons (Fsp3) is 0.536. The van der Waals surface area contributed by atoms with Crippen LogP contribution >= 0.6 is 0 Å². The van der Waals surface area contributed by atoms with Crippen molar-refractivity contribution in [2.24, 2.45) is 11.8 Å². The Morgan fingerprint density at radius 1 is 1.11 bits per heavy atom. The van der Waals surface area contributed by atoms with Gasteiger partial charge in [-0.05, 0) is 48.4 Å². The molecule has 0 unspecified atom stereocenters. The van der Waals surface area contributed by atoms with Crippen molar-refractivity contribution in [2.75, 3.05) is 53.4 Å². The molecule has 202 valence electrons. The number of fused-ring (bicyclic) bond motifs is 2. The molecule has 0 spiro atoms. The zero-order valence-corrected chi connectivity index (χ0v) is 23.3. The molecule has 3 aliphatic heterocycles. The van der Waals surface area contributed by atoms with E-state index in [0.717, 1.165) is 61.0 Å². The molecule has 9 nitrogen and oxygen atoms in total. The van der Waals surface area contributed by atoms with E-state index in [2.05, 4.69) is 59.1 Å². The number of rotatable bonds is 7. The van der Waals surface area contributed by atoms with Crippen LogP contribution in [0.15, 0.2) is 36.7 Å². The fourth-order valence-corrected chi connectivity index (χ4v) is 7.43. The largest absolute Gasteiger partial charge is 0.379 e. The van der Waals surface area contributed by atoms with E-state index in [1.54, 1.807) is 6.20 Å². The first-order valence-electron chi connectivity index (χ1n) is 13.5. The van der Waals surface area contributed by atoms with Crippen LogP contribution in [-0.4, -0.2) is 73.8 Å². The number of nitrogens with one attached hydrogen (secondary N) is 1. The van der Waals surface area contributed by atoms with Gasteiger partial charge in [0, 0.05) is 60.7 Å². The maximum Gasteiger partial charge on any atom is 0.227 e. The highest BCUT2D eigenvalue weighted by molar-refractivity contribution is 7.90. The minimum Gasteiger partial charge on any atom is -0.379 e. The number of pyridine rings is 1. The van der Waals surface area contributed by atoms with Crippen LogP contribution in [0.3, 0.4) is 0 Å². The second-order valence-electron chi connectivity index (χ2n) is 11.4. The van der Waals surface area contributed by atoms with Crippen molar-refractivity contribution in [3.63, 3.8) is 0 Å². The second-order valence-corrected chi connectivity index (χ2v) is 13.6. The predicted molar refractivity (Wildman–Crippen MR) is 151 cm³/mol. The van der Waals surface area contributed by atoms with Gasteiger partial charge in [0.2, 0.25) is 5.95 Å². The summed E-state index contributed by atoms with van der Waals surface area (Å²) in [6.45, 7) is 9.76. The third kappa shape index (κ3) is 4.68. The van der Waals surface area contributed by atoms with Crippen molar-refractivity contribution in [3.05, 3.63) is 42.2 Å². The van der Waals surface area contributed by atoms with E-state index < -0.39 is 9.84 Å². The number of nitrogens with zero attached hydrogens (tertiary/aromatic N) is 5. The van der Waals surface area contributed by atoms with Crippen molar-refractivity contribution >= 4 is 43.9 Å². The third-order valence-electron chi connectivity index (χ3n) is 8.43. The van der Waals surface area contributed by atoms with Crippen LogP contribution in [0, 0.1) is 11.8 Å². The molecule has 10 heteroatoms. The summed E-state index contributed by atoms with van der Waals surface area (Å²) in [6, 6.07) is 8.84. The molecule has 38 heavy (non-hydrogen) atoms. The Labute approximate surface area is 224 Å². The average Bonchev–Trinajstić information content (AvgIpc) is 3.49. The van der Waals surface area contributed by atoms with Gasteiger partial charge in [-0.2, -0.15) is 4.98 Å². The molecule has 5 heterocycles. The van der Waals surface area contributed by atoms with Gasteiger partial charge >= 0.3 is 0 Å². The van der Waals surface area contributed by atoms with E-state index in [1.807, 2.05) is 12.3 Å². The molecule has 3 fully saturated rings. The van der Waals surface area contributed by atoms with E-state index in [1.165, 1.54) is 11.8 Å². The van der Waals surface area contributed by atoms with Gasteiger partial charge < -0.3 is 19.9 Å². The van der Waals surface area contributed by atoms with Crippen molar-refractivity contribution in [3.8, 4) is 0 Å². The van der Waals surface area contributed by atoms with E-state index >= 15 is 0 Å². The average molecular weight is 537 g/mol. The molecular formula is C28H36N6O3S. The molecule has 3 aliphatic rings. The normalized spacial score (nSPS) is 25.2. The Hall–Kier alpha value is -2.98. The smallest absolute Gasteiger partial charge is 0.227 e. The first kappa shape index (κ1) is 25.3. The number of sulfone groups is 1. The summed E-state index contributed by atoms with van der Waals surface area (Å²) in [5.41, 5.74) is 2.36. The SMILES string of the molecule is CC(C)c1ccc(N2C[C@H](CS(C)(=O)=O)[C@H]2C)c2cnc(Nc3ccnc(N4CC[C@@H]5COC[C@@H]54)n3)cc12.